The van der Waals surface area contributed by atoms with Crippen molar-refractivity contribution in [2.75, 3.05) is 20.1 Å². The van der Waals surface area contributed by atoms with Crippen LogP contribution in [0.2, 0.25) is 0 Å². The Hall–Kier alpha value is -0.0800. The summed E-state index contributed by atoms with van der Waals surface area (Å²) in [6.07, 6.45) is 2.77. The molecule has 2 heteroatoms. The van der Waals surface area contributed by atoms with Gasteiger partial charge in [0.2, 0.25) is 0 Å². The molecule has 0 aromatic heterocycles. The molecule has 2 nitrogen and oxygen atoms in total. The van der Waals surface area contributed by atoms with Gasteiger partial charge in [0.15, 0.2) is 0 Å². The molecule has 1 aliphatic carbocycles. The second kappa shape index (κ2) is 5.27. The molecule has 1 rings (SSSR count). The van der Waals surface area contributed by atoms with E-state index in [0.717, 1.165) is 12.0 Å². The fourth-order valence-electron chi connectivity index (χ4n) is 2.67. The van der Waals surface area contributed by atoms with Gasteiger partial charge < -0.3 is 10.2 Å². The first-order valence-electron chi connectivity index (χ1n) is 7.04. The minimum absolute atomic E-state index is 0.253. The molecule has 102 valence electrons. The highest BCUT2D eigenvalue weighted by Gasteiger charge is 2.35. The van der Waals surface area contributed by atoms with E-state index in [4.69, 9.17) is 0 Å². The number of hydrogen-bond acceptors (Lipinski definition) is 2. The molecule has 17 heavy (non-hydrogen) atoms. The summed E-state index contributed by atoms with van der Waals surface area (Å²) in [5.41, 5.74) is 0.662. The molecule has 2 atom stereocenters. The van der Waals surface area contributed by atoms with E-state index in [-0.39, 0.29) is 5.54 Å². The Morgan fingerprint density at radius 2 is 1.65 bits per heavy atom. The van der Waals surface area contributed by atoms with Crippen LogP contribution in [0, 0.1) is 11.3 Å². The first-order chi connectivity index (χ1) is 7.58. The van der Waals surface area contributed by atoms with Crippen LogP contribution in [0.3, 0.4) is 0 Å². The quantitative estimate of drug-likeness (QED) is 0.812. The van der Waals surface area contributed by atoms with Crippen molar-refractivity contribution in [3.63, 3.8) is 0 Å². The van der Waals surface area contributed by atoms with Crippen molar-refractivity contribution in [3.8, 4) is 0 Å². The van der Waals surface area contributed by atoms with Crippen LogP contribution in [-0.4, -0.2) is 36.6 Å². The molecule has 0 heterocycles. The Morgan fingerprint density at radius 3 is 2.00 bits per heavy atom. The maximum atomic E-state index is 3.64. The van der Waals surface area contributed by atoms with Gasteiger partial charge in [0.05, 0.1) is 0 Å². The van der Waals surface area contributed by atoms with Crippen LogP contribution in [0.5, 0.6) is 0 Å². The number of nitrogens with one attached hydrogen (secondary N) is 1. The van der Waals surface area contributed by atoms with Crippen LogP contribution >= 0.6 is 0 Å². The van der Waals surface area contributed by atoms with Gasteiger partial charge in [0.25, 0.3) is 0 Å². The Kier molecular flexibility index (Phi) is 4.65. The lowest BCUT2D eigenvalue weighted by Crippen LogP contribution is -2.53. The van der Waals surface area contributed by atoms with Gasteiger partial charge in [-0.3, -0.25) is 0 Å². The van der Waals surface area contributed by atoms with Crippen LogP contribution in [0.15, 0.2) is 0 Å². The fraction of sp³-hybridized carbons (Fsp3) is 1.00. The molecule has 1 N–H and O–H groups in total. The zero-order valence-corrected chi connectivity index (χ0v) is 12.9. The number of nitrogens with zero attached hydrogens (tertiary/aromatic N) is 1. The highest BCUT2D eigenvalue weighted by molar-refractivity contribution is 4.91. The maximum Gasteiger partial charge on any atom is 0.0133 e. The summed E-state index contributed by atoms with van der Waals surface area (Å²) in [6, 6.07) is 0.795. The van der Waals surface area contributed by atoms with Gasteiger partial charge in [-0.2, -0.15) is 0 Å². The Bertz CT molecular complexity index is 234. The first-order valence-corrected chi connectivity index (χ1v) is 7.04. The molecule has 2 unspecified atom stereocenters. The van der Waals surface area contributed by atoms with Gasteiger partial charge in [-0.1, -0.05) is 20.8 Å². The molecule has 1 fully saturated rings. The predicted octanol–water partition coefficient (Wildman–Crippen LogP) is 3.13. The molecular weight excluding hydrogens is 208 g/mol. The molecule has 0 radical (unpaired) electrons. The molecule has 0 aromatic rings. The average Bonchev–Trinajstić information content (AvgIpc) is 1.94. The van der Waals surface area contributed by atoms with Crippen molar-refractivity contribution in [1.29, 1.82) is 0 Å². The van der Waals surface area contributed by atoms with Gasteiger partial charge in [-0.05, 0) is 58.5 Å². The van der Waals surface area contributed by atoms with Crippen LogP contribution in [0.4, 0.5) is 0 Å². The van der Waals surface area contributed by atoms with Crippen LogP contribution in [0.1, 0.15) is 54.4 Å². The van der Waals surface area contributed by atoms with E-state index in [0.29, 0.717) is 5.41 Å². The standard InChI is InChI=1S/C15H32N2/c1-14(2,3)11-17(7)13-9-8-12(13)10-16-15(4,5)6/h12-13,16H,8-11H2,1-7H3. The van der Waals surface area contributed by atoms with E-state index in [1.807, 2.05) is 0 Å². The number of rotatable bonds is 4. The third kappa shape index (κ3) is 5.39. The lowest BCUT2D eigenvalue weighted by Gasteiger charge is -2.45. The largest absolute Gasteiger partial charge is 0.312 e. The van der Waals surface area contributed by atoms with E-state index in [1.54, 1.807) is 0 Å². The summed E-state index contributed by atoms with van der Waals surface area (Å²) in [6.45, 7) is 16.1. The van der Waals surface area contributed by atoms with E-state index in [9.17, 15) is 0 Å². The highest BCUT2D eigenvalue weighted by Crippen LogP contribution is 2.32. The lowest BCUT2D eigenvalue weighted by atomic mass is 9.77. The van der Waals surface area contributed by atoms with Crippen molar-refractivity contribution in [2.24, 2.45) is 11.3 Å². The molecule has 1 aliphatic rings. The summed E-state index contributed by atoms with van der Waals surface area (Å²) >= 11 is 0. The summed E-state index contributed by atoms with van der Waals surface area (Å²) in [4.78, 5) is 2.57. The van der Waals surface area contributed by atoms with Crippen molar-refractivity contribution in [3.05, 3.63) is 0 Å². The zero-order chi connectivity index (χ0) is 13.3. The van der Waals surface area contributed by atoms with Gasteiger partial charge >= 0.3 is 0 Å². The third-order valence-electron chi connectivity index (χ3n) is 3.56. The molecular formula is C15H32N2. The van der Waals surface area contributed by atoms with Gasteiger partial charge in [0.1, 0.15) is 0 Å². The summed E-state index contributed by atoms with van der Waals surface area (Å²) in [5, 5.41) is 3.64. The topological polar surface area (TPSA) is 15.3 Å². The van der Waals surface area contributed by atoms with Gasteiger partial charge in [-0.15, -0.1) is 0 Å². The normalized spacial score (nSPS) is 26.1. The fourth-order valence-corrected chi connectivity index (χ4v) is 2.67. The molecule has 0 aromatic carbocycles. The monoisotopic (exact) mass is 240 g/mol. The third-order valence-corrected chi connectivity index (χ3v) is 3.56. The van der Waals surface area contributed by atoms with E-state index < -0.39 is 0 Å². The second-order valence-corrected chi connectivity index (χ2v) is 8.01. The van der Waals surface area contributed by atoms with Crippen LogP contribution in [0.25, 0.3) is 0 Å². The lowest BCUT2D eigenvalue weighted by molar-refractivity contribution is 0.0552. The molecule has 0 spiro atoms. The SMILES string of the molecule is CN(CC(C)(C)C)C1CCC1CNC(C)(C)C. The predicted molar refractivity (Wildman–Crippen MR) is 76.4 cm³/mol. The van der Waals surface area contributed by atoms with E-state index >= 15 is 0 Å². The Balaban J connectivity index is 2.35. The zero-order valence-electron chi connectivity index (χ0n) is 12.9. The van der Waals surface area contributed by atoms with E-state index in [1.165, 1.54) is 25.9 Å². The highest BCUT2D eigenvalue weighted by atomic mass is 15.2. The van der Waals surface area contributed by atoms with E-state index in [2.05, 4.69) is 58.8 Å². The number of hydrogen-bond donors (Lipinski definition) is 1. The average molecular weight is 240 g/mol. The minimum atomic E-state index is 0.253. The van der Waals surface area contributed by atoms with Crippen molar-refractivity contribution < 1.29 is 0 Å². The van der Waals surface area contributed by atoms with Gasteiger partial charge in [0, 0.05) is 18.1 Å². The van der Waals surface area contributed by atoms with Crippen LogP contribution in [-0.2, 0) is 0 Å². The maximum absolute atomic E-state index is 3.64. The van der Waals surface area contributed by atoms with Crippen molar-refractivity contribution in [1.82, 2.24) is 10.2 Å². The summed E-state index contributed by atoms with van der Waals surface area (Å²) in [7, 11) is 2.29. The minimum Gasteiger partial charge on any atom is -0.312 e. The molecule has 0 aliphatic heterocycles. The Labute approximate surface area is 108 Å². The first kappa shape index (κ1) is 15.0. The van der Waals surface area contributed by atoms with Crippen molar-refractivity contribution >= 4 is 0 Å². The molecule has 1 saturated carbocycles. The molecule has 0 amide bonds. The Morgan fingerprint density at radius 1 is 1.06 bits per heavy atom. The summed E-state index contributed by atoms with van der Waals surface area (Å²) < 4.78 is 0. The smallest absolute Gasteiger partial charge is 0.0133 e. The molecule has 0 bridgehead atoms. The second-order valence-electron chi connectivity index (χ2n) is 8.01. The van der Waals surface area contributed by atoms with Gasteiger partial charge in [-0.25, -0.2) is 0 Å². The molecule has 0 saturated heterocycles. The van der Waals surface area contributed by atoms with Crippen molar-refractivity contribution in [2.45, 2.75) is 66.0 Å². The van der Waals surface area contributed by atoms with Crippen LogP contribution < -0.4 is 5.32 Å². The summed E-state index contributed by atoms with van der Waals surface area (Å²) in [5.74, 6) is 0.849.